The van der Waals surface area contributed by atoms with Crippen molar-refractivity contribution in [2.75, 3.05) is 25.4 Å². The lowest BCUT2D eigenvalue weighted by Crippen LogP contribution is -2.33. The zero-order chi connectivity index (χ0) is 11.5. The van der Waals surface area contributed by atoms with Crippen molar-refractivity contribution in [1.29, 1.82) is 0 Å². The van der Waals surface area contributed by atoms with Gasteiger partial charge in [-0.25, -0.2) is 12.7 Å². The standard InChI is InChI=1S/C9H18BrNO3S/c1-8(2)14-5-6-15(12,13)11-4-3-9(10)7-11/h8-9H,3-7H2,1-2H3. The molecule has 0 amide bonds. The van der Waals surface area contributed by atoms with Gasteiger partial charge in [-0.15, -0.1) is 0 Å². The molecule has 0 aromatic heterocycles. The Kier molecular flexibility index (Phi) is 5.02. The summed E-state index contributed by atoms with van der Waals surface area (Å²) in [6.07, 6.45) is 0.979. The van der Waals surface area contributed by atoms with E-state index in [1.54, 1.807) is 0 Å². The van der Waals surface area contributed by atoms with Crippen LogP contribution in [-0.4, -0.2) is 49.1 Å². The molecule has 1 saturated heterocycles. The fourth-order valence-corrected chi connectivity index (χ4v) is 3.56. The van der Waals surface area contributed by atoms with Crippen LogP contribution in [-0.2, 0) is 14.8 Å². The van der Waals surface area contributed by atoms with Crippen molar-refractivity contribution >= 4 is 26.0 Å². The maximum atomic E-state index is 11.8. The van der Waals surface area contributed by atoms with Crippen LogP contribution < -0.4 is 0 Å². The van der Waals surface area contributed by atoms with Crippen LogP contribution in [0, 0.1) is 0 Å². The zero-order valence-electron chi connectivity index (χ0n) is 9.15. The molecule has 90 valence electrons. The van der Waals surface area contributed by atoms with Crippen LogP contribution >= 0.6 is 15.9 Å². The minimum absolute atomic E-state index is 0.0858. The van der Waals surface area contributed by atoms with E-state index in [-0.39, 0.29) is 18.5 Å². The molecule has 0 bridgehead atoms. The lowest BCUT2D eigenvalue weighted by atomic mass is 10.4. The molecule has 0 aromatic carbocycles. The van der Waals surface area contributed by atoms with Gasteiger partial charge in [0, 0.05) is 17.9 Å². The van der Waals surface area contributed by atoms with Gasteiger partial charge in [-0.2, -0.15) is 0 Å². The normalized spacial score (nSPS) is 23.9. The first-order chi connectivity index (χ1) is 6.92. The second-order valence-corrected chi connectivity index (χ2v) is 7.36. The molecule has 0 aliphatic carbocycles. The Balaban J connectivity index is 2.38. The summed E-state index contributed by atoms with van der Waals surface area (Å²) in [7, 11) is -3.11. The Hall–Kier alpha value is 0.350. The van der Waals surface area contributed by atoms with Crippen LogP contribution in [0.2, 0.25) is 0 Å². The van der Waals surface area contributed by atoms with E-state index in [4.69, 9.17) is 4.74 Å². The third-order valence-corrected chi connectivity index (χ3v) is 4.83. The number of hydrogen-bond donors (Lipinski definition) is 0. The number of sulfonamides is 1. The van der Waals surface area contributed by atoms with Crippen LogP contribution in [0.1, 0.15) is 20.3 Å². The van der Waals surface area contributed by atoms with E-state index >= 15 is 0 Å². The number of nitrogens with zero attached hydrogens (tertiary/aromatic N) is 1. The Morgan fingerprint density at radius 1 is 1.53 bits per heavy atom. The van der Waals surface area contributed by atoms with Gasteiger partial charge in [-0.05, 0) is 20.3 Å². The van der Waals surface area contributed by atoms with Crippen LogP contribution in [0.15, 0.2) is 0 Å². The average Bonchev–Trinajstić information content (AvgIpc) is 2.51. The molecule has 0 saturated carbocycles. The highest BCUT2D eigenvalue weighted by molar-refractivity contribution is 9.09. The maximum Gasteiger partial charge on any atom is 0.216 e. The lowest BCUT2D eigenvalue weighted by molar-refractivity contribution is 0.0908. The van der Waals surface area contributed by atoms with Crippen molar-refractivity contribution in [2.45, 2.75) is 31.2 Å². The molecule has 1 aliphatic rings. The van der Waals surface area contributed by atoms with E-state index in [0.717, 1.165) is 6.42 Å². The van der Waals surface area contributed by atoms with E-state index in [1.807, 2.05) is 13.8 Å². The van der Waals surface area contributed by atoms with Gasteiger partial charge in [0.15, 0.2) is 0 Å². The van der Waals surface area contributed by atoms with Gasteiger partial charge in [-0.1, -0.05) is 15.9 Å². The molecule has 0 radical (unpaired) electrons. The third-order valence-electron chi connectivity index (χ3n) is 2.28. The monoisotopic (exact) mass is 299 g/mol. The highest BCUT2D eigenvalue weighted by Gasteiger charge is 2.29. The summed E-state index contributed by atoms with van der Waals surface area (Å²) in [6, 6.07) is 0. The average molecular weight is 300 g/mol. The SMILES string of the molecule is CC(C)OCCS(=O)(=O)N1CCC(Br)C1. The van der Waals surface area contributed by atoms with Crippen molar-refractivity contribution in [1.82, 2.24) is 4.31 Å². The molecular weight excluding hydrogens is 282 g/mol. The fraction of sp³-hybridized carbons (Fsp3) is 1.00. The highest BCUT2D eigenvalue weighted by atomic mass is 79.9. The number of hydrogen-bond acceptors (Lipinski definition) is 3. The summed E-state index contributed by atoms with van der Waals surface area (Å²) in [5.74, 6) is 0.0882. The van der Waals surface area contributed by atoms with Gasteiger partial charge in [-0.3, -0.25) is 0 Å². The minimum atomic E-state index is -3.11. The van der Waals surface area contributed by atoms with Crippen molar-refractivity contribution in [3.05, 3.63) is 0 Å². The van der Waals surface area contributed by atoms with Gasteiger partial charge in [0.25, 0.3) is 0 Å². The predicted molar refractivity (Wildman–Crippen MR) is 63.8 cm³/mol. The summed E-state index contributed by atoms with van der Waals surface area (Å²) >= 11 is 3.43. The molecule has 1 fully saturated rings. The summed E-state index contributed by atoms with van der Waals surface area (Å²) in [5.41, 5.74) is 0. The Labute approximate surface area is 100 Å². The number of alkyl halides is 1. The number of ether oxygens (including phenoxy) is 1. The van der Waals surface area contributed by atoms with Crippen LogP contribution in [0.4, 0.5) is 0 Å². The molecule has 1 heterocycles. The largest absolute Gasteiger partial charge is 0.378 e. The lowest BCUT2D eigenvalue weighted by Gasteiger charge is -2.16. The van der Waals surface area contributed by atoms with E-state index < -0.39 is 10.0 Å². The topological polar surface area (TPSA) is 46.6 Å². The van der Waals surface area contributed by atoms with Crippen molar-refractivity contribution in [2.24, 2.45) is 0 Å². The molecule has 1 aliphatic heterocycles. The van der Waals surface area contributed by atoms with Gasteiger partial charge in [0.2, 0.25) is 10.0 Å². The maximum absolute atomic E-state index is 11.8. The summed E-state index contributed by atoms with van der Waals surface area (Å²) in [6.45, 7) is 5.29. The first-order valence-corrected chi connectivity index (χ1v) is 7.68. The Bertz CT molecular complexity index is 292. The first kappa shape index (κ1) is 13.4. The van der Waals surface area contributed by atoms with E-state index in [1.165, 1.54) is 4.31 Å². The van der Waals surface area contributed by atoms with Gasteiger partial charge < -0.3 is 4.74 Å². The number of rotatable bonds is 5. The smallest absolute Gasteiger partial charge is 0.216 e. The van der Waals surface area contributed by atoms with Crippen molar-refractivity contribution in [3.8, 4) is 0 Å². The van der Waals surface area contributed by atoms with Crippen LogP contribution in [0.5, 0.6) is 0 Å². The second-order valence-electron chi connectivity index (χ2n) is 3.98. The van der Waals surface area contributed by atoms with Crippen LogP contribution in [0.3, 0.4) is 0 Å². The molecular formula is C9H18BrNO3S. The van der Waals surface area contributed by atoms with E-state index in [0.29, 0.717) is 17.9 Å². The zero-order valence-corrected chi connectivity index (χ0v) is 11.6. The van der Waals surface area contributed by atoms with E-state index in [2.05, 4.69) is 15.9 Å². The van der Waals surface area contributed by atoms with Crippen molar-refractivity contribution < 1.29 is 13.2 Å². The number of halogens is 1. The molecule has 1 unspecified atom stereocenters. The van der Waals surface area contributed by atoms with Crippen LogP contribution in [0.25, 0.3) is 0 Å². The molecule has 0 aromatic rings. The summed E-state index contributed by atoms with van der Waals surface area (Å²) < 4.78 is 30.4. The Morgan fingerprint density at radius 2 is 2.20 bits per heavy atom. The fourth-order valence-electron chi connectivity index (χ4n) is 1.46. The van der Waals surface area contributed by atoms with Gasteiger partial charge in [0.1, 0.15) is 0 Å². The molecule has 0 N–H and O–H groups in total. The third kappa shape index (κ3) is 4.38. The first-order valence-electron chi connectivity index (χ1n) is 5.15. The molecule has 15 heavy (non-hydrogen) atoms. The van der Waals surface area contributed by atoms with E-state index in [9.17, 15) is 8.42 Å². The summed E-state index contributed by atoms with van der Waals surface area (Å²) in [4.78, 5) is 0.304. The molecule has 4 nitrogen and oxygen atoms in total. The minimum Gasteiger partial charge on any atom is -0.378 e. The second kappa shape index (κ2) is 5.61. The molecule has 1 rings (SSSR count). The summed E-state index contributed by atoms with van der Waals surface area (Å²) in [5, 5.41) is 0. The Morgan fingerprint density at radius 3 is 2.67 bits per heavy atom. The quantitative estimate of drug-likeness (QED) is 0.717. The predicted octanol–water partition coefficient (Wildman–Crippen LogP) is 1.21. The van der Waals surface area contributed by atoms with Gasteiger partial charge >= 0.3 is 0 Å². The molecule has 0 spiro atoms. The van der Waals surface area contributed by atoms with Gasteiger partial charge in [0.05, 0.1) is 18.5 Å². The molecule has 6 heteroatoms. The van der Waals surface area contributed by atoms with Crippen molar-refractivity contribution in [3.63, 3.8) is 0 Å². The molecule has 1 atom stereocenters. The highest BCUT2D eigenvalue weighted by Crippen LogP contribution is 2.19.